The number of para-hydroxylation sites is 2. The lowest BCUT2D eigenvalue weighted by Crippen LogP contribution is -2.34. The average molecular weight is 336 g/mol. The molecule has 25 heavy (non-hydrogen) atoms. The Morgan fingerprint density at radius 2 is 2.16 bits per heavy atom. The summed E-state index contributed by atoms with van der Waals surface area (Å²) in [6, 6.07) is 15.1. The Balaban J connectivity index is 1.55. The highest BCUT2D eigenvalue weighted by Crippen LogP contribution is 2.32. The van der Waals surface area contributed by atoms with Crippen molar-refractivity contribution in [1.82, 2.24) is 14.9 Å². The summed E-state index contributed by atoms with van der Waals surface area (Å²) in [6.07, 6.45) is 1.87. The van der Waals surface area contributed by atoms with E-state index >= 15 is 0 Å². The number of carbonyl (C=O) groups is 1. The monoisotopic (exact) mass is 336 g/mol. The van der Waals surface area contributed by atoms with Gasteiger partial charge in [0.05, 0.1) is 24.2 Å². The van der Waals surface area contributed by atoms with Gasteiger partial charge in [0.25, 0.3) is 0 Å². The second-order valence-electron chi connectivity index (χ2n) is 6.15. The smallest absolute Gasteiger partial charge is 0.322 e. The molecule has 2 heterocycles. The van der Waals surface area contributed by atoms with Crippen LogP contribution in [0, 0.1) is 0 Å². The van der Waals surface area contributed by atoms with Gasteiger partial charge in [-0.2, -0.15) is 0 Å². The zero-order valence-corrected chi connectivity index (χ0v) is 14.0. The fourth-order valence-electron chi connectivity index (χ4n) is 3.32. The molecule has 0 bridgehead atoms. The number of nitrogens with one attached hydrogen (secondary N) is 2. The maximum atomic E-state index is 12.7. The summed E-state index contributed by atoms with van der Waals surface area (Å²) in [5.41, 5.74) is 2.65. The number of hydrogen-bond donors (Lipinski definition) is 2. The Labute approximate surface area is 145 Å². The van der Waals surface area contributed by atoms with E-state index in [1.807, 2.05) is 53.4 Å². The highest BCUT2D eigenvalue weighted by atomic mass is 16.5. The van der Waals surface area contributed by atoms with E-state index in [1.165, 1.54) is 0 Å². The van der Waals surface area contributed by atoms with Gasteiger partial charge in [-0.05, 0) is 37.1 Å². The highest BCUT2D eigenvalue weighted by Gasteiger charge is 2.32. The van der Waals surface area contributed by atoms with E-state index in [0.717, 1.165) is 41.9 Å². The molecule has 3 aromatic rings. The molecule has 2 amide bonds. The van der Waals surface area contributed by atoms with Crippen molar-refractivity contribution in [2.24, 2.45) is 0 Å². The predicted octanol–water partition coefficient (Wildman–Crippen LogP) is 3.94. The highest BCUT2D eigenvalue weighted by molar-refractivity contribution is 5.90. The number of carbonyl (C=O) groups excluding carboxylic acids is 1. The van der Waals surface area contributed by atoms with E-state index < -0.39 is 0 Å². The summed E-state index contributed by atoms with van der Waals surface area (Å²) in [4.78, 5) is 22.6. The van der Waals surface area contributed by atoms with Crippen molar-refractivity contribution in [3.8, 4) is 5.75 Å². The van der Waals surface area contributed by atoms with Gasteiger partial charge in [0, 0.05) is 18.3 Å². The number of nitrogens with zero attached hydrogens (tertiary/aromatic N) is 2. The van der Waals surface area contributed by atoms with Crippen molar-refractivity contribution in [2.75, 3.05) is 19.0 Å². The molecule has 1 fully saturated rings. The Morgan fingerprint density at radius 3 is 3.00 bits per heavy atom. The van der Waals surface area contributed by atoms with Crippen LogP contribution in [0.15, 0.2) is 48.5 Å². The number of amides is 2. The van der Waals surface area contributed by atoms with E-state index in [4.69, 9.17) is 4.74 Å². The maximum Gasteiger partial charge on any atom is 0.322 e. The minimum absolute atomic E-state index is 0.0296. The van der Waals surface area contributed by atoms with Crippen molar-refractivity contribution in [2.45, 2.75) is 18.9 Å². The average Bonchev–Trinajstić information content (AvgIpc) is 3.28. The lowest BCUT2D eigenvalue weighted by molar-refractivity contribution is 0.205. The summed E-state index contributed by atoms with van der Waals surface area (Å²) in [7, 11) is 1.61. The van der Waals surface area contributed by atoms with E-state index in [2.05, 4.69) is 15.3 Å². The van der Waals surface area contributed by atoms with Gasteiger partial charge in [-0.25, -0.2) is 9.78 Å². The van der Waals surface area contributed by atoms with Crippen LogP contribution in [0.1, 0.15) is 24.7 Å². The summed E-state index contributed by atoms with van der Waals surface area (Å²) in [5.74, 6) is 1.56. The molecule has 6 heteroatoms. The van der Waals surface area contributed by atoms with E-state index in [0.29, 0.717) is 5.75 Å². The first-order chi connectivity index (χ1) is 12.2. The van der Waals surface area contributed by atoms with Crippen molar-refractivity contribution in [3.63, 3.8) is 0 Å². The third-order valence-electron chi connectivity index (χ3n) is 4.56. The number of anilines is 1. The largest absolute Gasteiger partial charge is 0.497 e. The number of rotatable bonds is 3. The summed E-state index contributed by atoms with van der Waals surface area (Å²) in [6.45, 7) is 0.720. The van der Waals surface area contributed by atoms with Crippen molar-refractivity contribution in [3.05, 3.63) is 54.4 Å². The van der Waals surface area contributed by atoms with Gasteiger partial charge in [0.2, 0.25) is 0 Å². The number of fused-ring (bicyclic) bond motifs is 1. The molecule has 1 aliphatic rings. The molecule has 4 rings (SSSR count). The quantitative estimate of drug-likeness (QED) is 0.761. The lowest BCUT2D eigenvalue weighted by atomic mass is 10.2. The molecule has 2 N–H and O–H groups in total. The topological polar surface area (TPSA) is 70.2 Å². The molecular formula is C19H20N4O2. The number of benzene rings is 2. The van der Waals surface area contributed by atoms with Gasteiger partial charge in [-0.1, -0.05) is 18.2 Å². The van der Waals surface area contributed by atoms with E-state index in [9.17, 15) is 4.79 Å². The molecule has 2 aromatic carbocycles. The van der Waals surface area contributed by atoms with Crippen molar-refractivity contribution >= 4 is 22.8 Å². The molecule has 1 aromatic heterocycles. The van der Waals surface area contributed by atoms with Crippen LogP contribution in [0.2, 0.25) is 0 Å². The number of imidazole rings is 1. The zero-order valence-electron chi connectivity index (χ0n) is 14.0. The van der Waals surface area contributed by atoms with Crippen LogP contribution in [0.4, 0.5) is 10.5 Å². The fraction of sp³-hybridized carbons (Fsp3) is 0.263. The molecule has 0 radical (unpaired) electrons. The van der Waals surface area contributed by atoms with Crippen molar-refractivity contribution in [1.29, 1.82) is 0 Å². The van der Waals surface area contributed by atoms with Gasteiger partial charge in [0.15, 0.2) is 0 Å². The second-order valence-corrected chi connectivity index (χ2v) is 6.15. The van der Waals surface area contributed by atoms with Crippen LogP contribution in [0.3, 0.4) is 0 Å². The maximum absolute atomic E-state index is 12.7. The van der Waals surface area contributed by atoms with Gasteiger partial charge < -0.3 is 19.9 Å². The molecule has 0 aliphatic carbocycles. The molecule has 1 aliphatic heterocycles. The molecule has 0 saturated carbocycles. The molecule has 1 unspecified atom stereocenters. The van der Waals surface area contributed by atoms with Gasteiger partial charge >= 0.3 is 6.03 Å². The third-order valence-corrected chi connectivity index (χ3v) is 4.56. The van der Waals surface area contributed by atoms with Crippen LogP contribution in [0.5, 0.6) is 5.75 Å². The second kappa shape index (κ2) is 6.47. The lowest BCUT2D eigenvalue weighted by Gasteiger charge is -2.23. The predicted molar refractivity (Wildman–Crippen MR) is 96.8 cm³/mol. The Hall–Kier alpha value is -3.02. The summed E-state index contributed by atoms with van der Waals surface area (Å²) in [5, 5.41) is 2.96. The van der Waals surface area contributed by atoms with Crippen molar-refractivity contribution < 1.29 is 9.53 Å². The van der Waals surface area contributed by atoms with Gasteiger partial charge in [-0.15, -0.1) is 0 Å². The number of H-pyrrole nitrogens is 1. The van der Waals surface area contributed by atoms with Gasteiger partial charge in [-0.3, -0.25) is 0 Å². The minimum Gasteiger partial charge on any atom is -0.497 e. The van der Waals surface area contributed by atoms with Crippen LogP contribution >= 0.6 is 0 Å². The molecule has 0 spiro atoms. The first-order valence-electron chi connectivity index (χ1n) is 8.41. The van der Waals surface area contributed by atoms with Crippen LogP contribution in [-0.2, 0) is 0 Å². The zero-order chi connectivity index (χ0) is 17.2. The number of urea groups is 1. The number of hydrogen-bond acceptors (Lipinski definition) is 3. The molecule has 128 valence electrons. The number of ether oxygens (including phenoxy) is 1. The van der Waals surface area contributed by atoms with Crippen LogP contribution in [0.25, 0.3) is 11.0 Å². The first-order valence-corrected chi connectivity index (χ1v) is 8.41. The number of aromatic amines is 1. The third kappa shape index (κ3) is 3.03. The summed E-state index contributed by atoms with van der Waals surface area (Å²) >= 11 is 0. The minimum atomic E-state index is -0.115. The van der Waals surface area contributed by atoms with Gasteiger partial charge in [0.1, 0.15) is 11.6 Å². The standard InChI is InChI=1S/C19H20N4O2/c1-25-14-7-4-6-13(12-14)20-19(24)23-11-5-10-17(23)18-21-15-8-2-3-9-16(15)22-18/h2-4,6-9,12,17H,5,10-11H2,1H3,(H,20,24)(H,21,22). The van der Waals surface area contributed by atoms with Crippen LogP contribution < -0.4 is 10.1 Å². The Morgan fingerprint density at radius 1 is 1.28 bits per heavy atom. The molecule has 1 atom stereocenters. The number of likely N-dealkylation sites (tertiary alicyclic amines) is 1. The molecular weight excluding hydrogens is 316 g/mol. The molecule has 1 saturated heterocycles. The van der Waals surface area contributed by atoms with E-state index in [-0.39, 0.29) is 12.1 Å². The Bertz CT molecular complexity index is 872. The fourth-order valence-corrected chi connectivity index (χ4v) is 3.32. The normalized spacial score (nSPS) is 17.0. The number of methoxy groups -OCH3 is 1. The Kier molecular flexibility index (Phi) is 4.01. The SMILES string of the molecule is COc1cccc(NC(=O)N2CCCC2c2nc3ccccc3[nH]2)c1. The van der Waals surface area contributed by atoms with E-state index in [1.54, 1.807) is 7.11 Å². The first kappa shape index (κ1) is 15.5. The van der Waals surface area contributed by atoms with Crippen LogP contribution in [-0.4, -0.2) is 34.6 Å². The molecule has 6 nitrogen and oxygen atoms in total. The summed E-state index contributed by atoms with van der Waals surface area (Å²) < 4.78 is 5.21. The number of aromatic nitrogens is 2.